The maximum absolute atomic E-state index is 11.7. The SMILES string of the molecule is CCCC(C)CC(O)COCC(F)(F)F. The highest BCUT2D eigenvalue weighted by molar-refractivity contribution is 4.61. The van der Waals surface area contributed by atoms with E-state index in [0.717, 1.165) is 12.8 Å². The zero-order valence-corrected chi connectivity index (χ0v) is 9.18. The van der Waals surface area contributed by atoms with Crippen molar-refractivity contribution in [2.75, 3.05) is 13.2 Å². The molecule has 0 fully saturated rings. The van der Waals surface area contributed by atoms with Gasteiger partial charge < -0.3 is 9.84 Å². The summed E-state index contributed by atoms with van der Waals surface area (Å²) in [7, 11) is 0. The molecule has 2 unspecified atom stereocenters. The maximum Gasteiger partial charge on any atom is 0.411 e. The first-order chi connectivity index (χ1) is 6.85. The van der Waals surface area contributed by atoms with Crippen LogP contribution in [0.1, 0.15) is 33.1 Å². The predicted molar refractivity (Wildman–Crippen MR) is 51.6 cm³/mol. The minimum atomic E-state index is -4.31. The van der Waals surface area contributed by atoms with E-state index < -0.39 is 18.9 Å². The van der Waals surface area contributed by atoms with Gasteiger partial charge >= 0.3 is 6.18 Å². The van der Waals surface area contributed by atoms with Crippen molar-refractivity contribution in [3.63, 3.8) is 0 Å². The van der Waals surface area contributed by atoms with E-state index in [9.17, 15) is 18.3 Å². The molecular formula is C10H19F3O2. The summed E-state index contributed by atoms with van der Waals surface area (Å²) in [6.45, 7) is 2.47. The molecule has 0 bridgehead atoms. The summed E-state index contributed by atoms with van der Waals surface area (Å²) in [5, 5.41) is 9.35. The number of alkyl halides is 3. The van der Waals surface area contributed by atoms with Crippen LogP contribution in [-0.4, -0.2) is 30.6 Å². The first kappa shape index (κ1) is 14.7. The second-order valence-electron chi connectivity index (χ2n) is 3.91. The van der Waals surface area contributed by atoms with E-state index in [4.69, 9.17) is 0 Å². The number of rotatable bonds is 7. The lowest BCUT2D eigenvalue weighted by Crippen LogP contribution is -2.24. The van der Waals surface area contributed by atoms with E-state index in [1.54, 1.807) is 0 Å². The van der Waals surface area contributed by atoms with Crippen molar-refractivity contribution in [1.29, 1.82) is 0 Å². The van der Waals surface area contributed by atoms with Gasteiger partial charge in [0.25, 0.3) is 0 Å². The number of aliphatic hydroxyl groups is 1. The van der Waals surface area contributed by atoms with Crippen molar-refractivity contribution < 1.29 is 23.0 Å². The van der Waals surface area contributed by atoms with Crippen molar-refractivity contribution in [3.05, 3.63) is 0 Å². The third-order valence-corrected chi connectivity index (χ3v) is 2.03. The van der Waals surface area contributed by atoms with Crippen LogP contribution in [0.5, 0.6) is 0 Å². The van der Waals surface area contributed by atoms with Crippen molar-refractivity contribution in [3.8, 4) is 0 Å². The van der Waals surface area contributed by atoms with Crippen LogP contribution >= 0.6 is 0 Å². The summed E-state index contributed by atoms with van der Waals surface area (Å²) < 4.78 is 39.4. The van der Waals surface area contributed by atoms with Crippen LogP contribution in [0.15, 0.2) is 0 Å². The molecule has 1 N–H and O–H groups in total. The molecule has 0 rings (SSSR count). The molecule has 2 atom stereocenters. The third kappa shape index (κ3) is 10.0. The summed E-state index contributed by atoms with van der Waals surface area (Å²) in [6.07, 6.45) is -2.64. The molecular weight excluding hydrogens is 209 g/mol. The molecule has 0 heterocycles. The molecule has 0 aliphatic carbocycles. The molecule has 0 aromatic rings. The predicted octanol–water partition coefficient (Wildman–Crippen LogP) is 2.75. The summed E-state index contributed by atoms with van der Waals surface area (Å²) in [5.74, 6) is 0.319. The van der Waals surface area contributed by atoms with Crippen LogP contribution in [-0.2, 0) is 4.74 Å². The van der Waals surface area contributed by atoms with Gasteiger partial charge in [0.1, 0.15) is 6.61 Å². The Morgan fingerprint density at radius 2 is 1.93 bits per heavy atom. The Hall–Kier alpha value is -0.290. The molecule has 0 radical (unpaired) electrons. The Bertz CT molecular complexity index is 159. The molecule has 0 saturated heterocycles. The Labute approximate surface area is 88.4 Å². The molecule has 0 aromatic heterocycles. The van der Waals surface area contributed by atoms with Gasteiger partial charge in [0, 0.05) is 0 Å². The fourth-order valence-corrected chi connectivity index (χ4v) is 1.45. The summed E-state index contributed by atoms with van der Waals surface area (Å²) in [4.78, 5) is 0. The van der Waals surface area contributed by atoms with Gasteiger partial charge in [-0.2, -0.15) is 13.2 Å². The molecule has 0 aliphatic rings. The van der Waals surface area contributed by atoms with Gasteiger partial charge in [-0.3, -0.25) is 0 Å². The Morgan fingerprint density at radius 1 is 1.33 bits per heavy atom. The van der Waals surface area contributed by atoms with Gasteiger partial charge in [0.05, 0.1) is 12.7 Å². The van der Waals surface area contributed by atoms with Crippen LogP contribution in [0.3, 0.4) is 0 Å². The number of halogens is 3. The van der Waals surface area contributed by atoms with Crippen LogP contribution in [0.4, 0.5) is 13.2 Å². The van der Waals surface area contributed by atoms with Crippen LogP contribution < -0.4 is 0 Å². The summed E-state index contributed by atoms with van der Waals surface area (Å²) in [6, 6.07) is 0. The zero-order chi connectivity index (χ0) is 11.9. The molecule has 15 heavy (non-hydrogen) atoms. The van der Waals surface area contributed by atoms with Crippen LogP contribution in [0.25, 0.3) is 0 Å². The van der Waals surface area contributed by atoms with Crippen molar-refractivity contribution in [2.24, 2.45) is 5.92 Å². The molecule has 0 amide bonds. The maximum atomic E-state index is 11.7. The fraction of sp³-hybridized carbons (Fsp3) is 1.00. The van der Waals surface area contributed by atoms with E-state index in [1.165, 1.54) is 0 Å². The lowest BCUT2D eigenvalue weighted by atomic mass is 9.99. The van der Waals surface area contributed by atoms with E-state index in [-0.39, 0.29) is 6.61 Å². The first-order valence-corrected chi connectivity index (χ1v) is 5.17. The second-order valence-corrected chi connectivity index (χ2v) is 3.91. The molecule has 0 aliphatic heterocycles. The van der Waals surface area contributed by atoms with Crippen molar-refractivity contribution >= 4 is 0 Å². The number of ether oxygens (including phenoxy) is 1. The van der Waals surface area contributed by atoms with Gasteiger partial charge in [-0.1, -0.05) is 26.7 Å². The normalized spacial score (nSPS) is 16.4. The van der Waals surface area contributed by atoms with Gasteiger partial charge in [0.15, 0.2) is 0 Å². The van der Waals surface area contributed by atoms with Gasteiger partial charge in [-0.25, -0.2) is 0 Å². The van der Waals surface area contributed by atoms with E-state index >= 15 is 0 Å². The smallest absolute Gasteiger partial charge is 0.391 e. The van der Waals surface area contributed by atoms with Crippen LogP contribution in [0.2, 0.25) is 0 Å². The summed E-state index contributed by atoms with van der Waals surface area (Å²) in [5.41, 5.74) is 0. The average molecular weight is 228 g/mol. The largest absolute Gasteiger partial charge is 0.411 e. The Morgan fingerprint density at radius 3 is 2.40 bits per heavy atom. The fourth-order valence-electron chi connectivity index (χ4n) is 1.45. The second kappa shape index (κ2) is 7.06. The molecule has 2 nitrogen and oxygen atoms in total. The monoisotopic (exact) mass is 228 g/mol. The Balaban J connectivity index is 3.53. The van der Waals surface area contributed by atoms with Crippen molar-refractivity contribution in [1.82, 2.24) is 0 Å². The van der Waals surface area contributed by atoms with Gasteiger partial charge in [-0.05, 0) is 12.3 Å². The molecule has 92 valence electrons. The zero-order valence-electron chi connectivity index (χ0n) is 9.18. The molecule has 0 spiro atoms. The third-order valence-electron chi connectivity index (χ3n) is 2.03. The highest BCUT2D eigenvalue weighted by atomic mass is 19.4. The summed E-state index contributed by atoms with van der Waals surface area (Å²) >= 11 is 0. The Kier molecular flexibility index (Phi) is 6.92. The number of aliphatic hydroxyl groups excluding tert-OH is 1. The number of hydrogen-bond donors (Lipinski definition) is 1. The molecule has 5 heteroatoms. The molecule has 0 aromatic carbocycles. The standard InChI is InChI=1S/C10H19F3O2/c1-3-4-8(2)5-9(14)6-15-7-10(11,12)13/h8-9,14H,3-7H2,1-2H3. The average Bonchev–Trinajstić information content (AvgIpc) is 2.01. The first-order valence-electron chi connectivity index (χ1n) is 5.17. The minimum Gasteiger partial charge on any atom is -0.391 e. The lowest BCUT2D eigenvalue weighted by molar-refractivity contribution is -0.179. The quantitative estimate of drug-likeness (QED) is 0.726. The van der Waals surface area contributed by atoms with Crippen LogP contribution in [0, 0.1) is 5.92 Å². The van der Waals surface area contributed by atoms with E-state index in [2.05, 4.69) is 4.74 Å². The molecule has 0 saturated carbocycles. The van der Waals surface area contributed by atoms with E-state index in [0.29, 0.717) is 12.3 Å². The number of hydrogen-bond acceptors (Lipinski definition) is 2. The van der Waals surface area contributed by atoms with Gasteiger partial charge in [0.2, 0.25) is 0 Å². The minimum absolute atomic E-state index is 0.242. The highest BCUT2D eigenvalue weighted by Crippen LogP contribution is 2.16. The van der Waals surface area contributed by atoms with Gasteiger partial charge in [-0.15, -0.1) is 0 Å². The topological polar surface area (TPSA) is 29.5 Å². The highest BCUT2D eigenvalue weighted by Gasteiger charge is 2.27. The lowest BCUT2D eigenvalue weighted by Gasteiger charge is -2.16. The van der Waals surface area contributed by atoms with E-state index in [1.807, 2.05) is 13.8 Å². The van der Waals surface area contributed by atoms with Crippen molar-refractivity contribution in [2.45, 2.75) is 45.4 Å².